The summed E-state index contributed by atoms with van der Waals surface area (Å²) in [6.07, 6.45) is 0.507. The zero-order valence-electron chi connectivity index (χ0n) is 17.5. The van der Waals surface area contributed by atoms with E-state index in [-0.39, 0.29) is 23.9 Å². The topological polar surface area (TPSA) is 66.5 Å². The number of rotatable bonds is 8. The number of carbonyl (C=O) groups excluding carboxylic acids is 1. The molecule has 31 heavy (non-hydrogen) atoms. The average molecular weight is 501 g/mol. The van der Waals surface area contributed by atoms with E-state index in [9.17, 15) is 13.2 Å². The summed E-state index contributed by atoms with van der Waals surface area (Å²) in [6.45, 7) is 3.75. The Morgan fingerprint density at radius 1 is 0.903 bits per heavy atom. The molecule has 0 atom stereocenters. The van der Waals surface area contributed by atoms with E-state index in [2.05, 4.69) is 21.2 Å². The van der Waals surface area contributed by atoms with Gasteiger partial charge in [0, 0.05) is 16.7 Å². The molecule has 162 valence electrons. The van der Waals surface area contributed by atoms with E-state index in [4.69, 9.17) is 0 Å². The minimum absolute atomic E-state index is 0.156. The molecule has 0 radical (unpaired) electrons. The highest BCUT2D eigenvalue weighted by Gasteiger charge is 2.27. The van der Waals surface area contributed by atoms with Crippen LogP contribution in [-0.4, -0.2) is 31.7 Å². The molecule has 0 fully saturated rings. The minimum atomic E-state index is -3.84. The van der Waals surface area contributed by atoms with Gasteiger partial charge in [-0.1, -0.05) is 64.5 Å². The van der Waals surface area contributed by atoms with Crippen molar-refractivity contribution in [2.75, 3.05) is 18.4 Å². The van der Waals surface area contributed by atoms with Crippen LogP contribution in [0.2, 0.25) is 0 Å². The molecule has 7 heteroatoms. The van der Waals surface area contributed by atoms with E-state index < -0.39 is 10.0 Å². The van der Waals surface area contributed by atoms with Gasteiger partial charge in [-0.2, -0.15) is 4.31 Å². The molecular weight excluding hydrogens is 476 g/mol. The van der Waals surface area contributed by atoms with Gasteiger partial charge in [0.1, 0.15) is 0 Å². The summed E-state index contributed by atoms with van der Waals surface area (Å²) in [5.74, 6) is -0.369. The molecule has 5 nitrogen and oxygen atoms in total. The summed E-state index contributed by atoms with van der Waals surface area (Å²) in [7, 11) is -3.84. The number of nitrogens with one attached hydrogen (secondary N) is 1. The zero-order valence-corrected chi connectivity index (χ0v) is 19.9. The van der Waals surface area contributed by atoms with Crippen LogP contribution in [0.5, 0.6) is 0 Å². The van der Waals surface area contributed by atoms with E-state index in [0.29, 0.717) is 6.42 Å². The van der Waals surface area contributed by atoms with E-state index in [0.717, 1.165) is 26.9 Å². The number of carbonyl (C=O) groups is 1. The van der Waals surface area contributed by atoms with Gasteiger partial charge in [0.2, 0.25) is 15.9 Å². The minimum Gasteiger partial charge on any atom is -0.324 e. The van der Waals surface area contributed by atoms with E-state index in [1.54, 1.807) is 24.3 Å². The Hall–Kier alpha value is -2.48. The van der Waals surface area contributed by atoms with Gasteiger partial charge in [-0.3, -0.25) is 4.79 Å². The highest BCUT2D eigenvalue weighted by molar-refractivity contribution is 9.10. The summed E-state index contributed by atoms with van der Waals surface area (Å²) in [5, 5.41) is 2.89. The molecule has 0 aromatic heterocycles. The molecule has 0 aliphatic heterocycles. The maximum absolute atomic E-state index is 13.3. The van der Waals surface area contributed by atoms with Crippen LogP contribution >= 0.6 is 15.9 Å². The van der Waals surface area contributed by atoms with Crippen molar-refractivity contribution in [3.63, 3.8) is 0 Å². The van der Waals surface area contributed by atoms with E-state index in [1.807, 2.05) is 62.4 Å². The maximum Gasteiger partial charge on any atom is 0.243 e. The van der Waals surface area contributed by atoms with Gasteiger partial charge in [-0.15, -0.1) is 0 Å². The van der Waals surface area contributed by atoms with Crippen LogP contribution < -0.4 is 5.32 Å². The van der Waals surface area contributed by atoms with Crippen molar-refractivity contribution >= 4 is 37.5 Å². The third-order valence-corrected chi connectivity index (χ3v) is 7.40. The predicted octanol–water partition coefficient (Wildman–Crippen LogP) is 4.94. The molecule has 3 aromatic carbocycles. The number of aryl methyl sites for hydroxylation is 2. The van der Waals surface area contributed by atoms with Gasteiger partial charge >= 0.3 is 0 Å². The van der Waals surface area contributed by atoms with Gasteiger partial charge in [-0.25, -0.2) is 8.42 Å². The first-order valence-electron chi connectivity index (χ1n) is 9.93. The van der Waals surface area contributed by atoms with E-state index in [1.165, 1.54) is 4.31 Å². The Morgan fingerprint density at radius 2 is 1.52 bits per heavy atom. The van der Waals surface area contributed by atoms with Crippen molar-refractivity contribution in [2.45, 2.75) is 25.2 Å². The second-order valence-corrected chi connectivity index (χ2v) is 10.2. The largest absolute Gasteiger partial charge is 0.324 e. The van der Waals surface area contributed by atoms with Crippen LogP contribution in [0.4, 0.5) is 5.69 Å². The maximum atomic E-state index is 13.3. The first kappa shape index (κ1) is 23.2. The predicted molar refractivity (Wildman–Crippen MR) is 128 cm³/mol. The van der Waals surface area contributed by atoms with E-state index >= 15 is 0 Å². The van der Waals surface area contributed by atoms with Crippen molar-refractivity contribution in [1.82, 2.24) is 4.31 Å². The molecule has 1 N–H and O–H groups in total. The van der Waals surface area contributed by atoms with Gasteiger partial charge in [0.05, 0.1) is 11.4 Å². The van der Waals surface area contributed by atoms with Crippen molar-refractivity contribution < 1.29 is 13.2 Å². The Labute approximate surface area is 192 Å². The monoisotopic (exact) mass is 500 g/mol. The number of para-hydroxylation sites is 1. The second kappa shape index (κ2) is 10.2. The molecule has 0 saturated carbocycles. The summed E-state index contributed by atoms with van der Waals surface area (Å²) in [5.41, 5.74) is 3.59. The van der Waals surface area contributed by atoms with Crippen LogP contribution in [0.3, 0.4) is 0 Å². The van der Waals surface area contributed by atoms with Crippen LogP contribution in [-0.2, 0) is 21.2 Å². The lowest BCUT2D eigenvalue weighted by Gasteiger charge is -2.22. The Kier molecular flexibility index (Phi) is 7.64. The Bertz CT molecular complexity index is 1130. The summed E-state index contributed by atoms with van der Waals surface area (Å²) < 4.78 is 28.7. The third kappa shape index (κ3) is 6.03. The molecule has 0 bridgehead atoms. The number of hydrogen-bond acceptors (Lipinski definition) is 3. The summed E-state index contributed by atoms with van der Waals surface area (Å²) in [4.78, 5) is 13.0. The number of benzene rings is 3. The van der Waals surface area contributed by atoms with Crippen molar-refractivity contribution in [3.05, 3.63) is 94.0 Å². The average Bonchev–Trinajstić information content (AvgIpc) is 2.75. The molecule has 0 spiro atoms. The van der Waals surface area contributed by atoms with Gasteiger partial charge in [-0.05, 0) is 61.2 Å². The van der Waals surface area contributed by atoms with Crippen molar-refractivity contribution in [2.24, 2.45) is 0 Å². The number of halogens is 1. The molecule has 0 heterocycles. The van der Waals surface area contributed by atoms with Gasteiger partial charge in [0.25, 0.3) is 0 Å². The fourth-order valence-corrected chi connectivity index (χ4v) is 4.95. The standard InChI is InChI=1S/C24H25BrN2O3S/c1-18-7-6-8-19(2)24(18)26-23(28)17-27(16-15-20-9-4-3-5-10-20)31(29,30)22-13-11-21(25)12-14-22/h3-14H,15-17H2,1-2H3,(H,26,28). The number of amides is 1. The lowest BCUT2D eigenvalue weighted by molar-refractivity contribution is -0.116. The van der Waals surface area contributed by atoms with Gasteiger partial charge in [0.15, 0.2) is 0 Å². The van der Waals surface area contributed by atoms with Gasteiger partial charge < -0.3 is 5.32 Å². The van der Waals surface area contributed by atoms with Crippen LogP contribution in [0.25, 0.3) is 0 Å². The normalized spacial score (nSPS) is 11.5. The smallest absolute Gasteiger partial charge is 0.243 e. The van der Waals surface area contributed by atoms with Crippen LogP contribution in [0.15, 0.2) is 82.2 Å². The SMILES string of the molecule is Cc1cccc(C)c1NC(=O)CN(CCc1ccccc1)S(=O)(=O)c1ccc(Br)cc1. The fraction of sp³-hybridized carbons (Fsp3) is 0.208. The van der Waals surface area contributed by atoms with Crippen LogP contribution in [0, 0.1) is 13.8 Å². The molecule has 3 rings (SSSR count). The highest BCUT2D eigenvalue weighted by atomic mass is 79.9. The fourth-order valence-electron chi connectivity index (χ4n) is 3.29. The second-order valence-electron chi connectivity index (χ2n) is 7.34. The molecular formula is C24H25BrN2O3S. The molecule has 0 unspecified atom stereocenters. The Balaban J connectivity index is 1.84. The molecule has 0 saturated heterocycles. The lowest BCUT2D eigenvalue weighted by atomic mass is 10.1. The lowest BCUT2D eigenvalue weighted by Crippen LogP contribution is -2.39. The Morgan fingerprint density at radius 3 is 2.13 bits per heavy atom. The first-order chi connectivity index (χ1) is 14.8. The first-order valence-corrected chi connectivity index (χ1v) is 12.2. The highest BCUT2D eigenvalue weighted by Crippen LogP contribution is 2.22. The van der Waals surface area contributed by atoms with Crippen molar-refractivity contribution in [1.29, 1.82) is 0 Å². The molecule has 1 amide bonds. The molecule has 0 aliphatic carbocycles. The number of nitrogens with zero attached hydrogens (tertiary/aromatic N) is 1. The number of anilines is 1. The van der Waals surface area contributed by atoms with Crippen molar-refractivity contribution in [3.8, 4) is 0 Å². The third-order valence-electron chi connectivity index (χ3n) is 5.01. The summed E-state index contributed by atoms with van der Waals surface area (Å²) in [6, 6.07) is 21.8. The quantitative estimate of drug-likeness (QED) is 0.476. The molecule has 0 aliphatic rings. The van der Waals surface area contributed by atoms with Crippen LogP contribution in [0.1, 0.15) is 16.7 Å². The number of sulfonamides is 1. The number of hydrogen-bond donors (Lipinski definition) is 1. The molecule has 3 aromatic rings. The summed E-state index contributed by atoms with van der Waals surface area (Å²) >= 11 is 3.33. The zero-order chi connectivity index (χ0) is 22.4.